The molecule has 0 bridgehead atoms. The van der Waals surface area contributed by atoms with E-state index >= 15 is 0 Å². The van der Waals surface area contributed by atoms with Gasteiger partial charge in [-0.3, -0.25) is 0 Å². The SMILES string of the molecule is C#CC(O)(F)[C@H](C)C(C)C. The van der Waals surface area contributed by atoms with Crippen molar-refractivity contribution in [2.24, 2.45) is 11.8 Å². The van der Waals surface area contributed by atoms with Crippen LogP contribution in [-0.4, -0.2) is 11.0 Å². The summed E-state index contributed by atoms with van der Waals surface area (Å²) >= 11 is 0. The second-order valence-corrected chi connectivity index (χ2v) is 2.85. The molecule has 0 aromatic rings. The molecule has 0 aliphatic rings. The minimum Gasteiger partial charge on any atom is -0.352 e. The van der Waals surface area contributed by atoms with Crippen molar-refractivity contribution in [2.45, 2.75) is 26.6 Å². The lowest BCUT2D eigenvalue weighted by Crippen LogP contribution is -2.32. The first-order chi connectivity index (χ1) is 4.41. The van der Waals surface area contributed by atoms with Crippen LogP contribution in [0.3, 0.4) is 0 Å². The summed E-state index contributed by atoms with van der Waals surface area (Å²) in [6, 6.07) is 0. The van der Waals surface area contributed by atoms with E-state index in [0.717, 1.165) is 0 Å². The Morgan fingerprint density at radius 1 is 1.50 bits per heavy atom. The van der Waals surface area contributed by atoms with Crippen LogP contribution in [0.2, 0.25) is 0 Å². The smallest absolute Gasteiger partial charge is 0.272 e. The van der Waals surface area contributed by atoms with E-state index in [4.69, 9.17) is 11.5 Å². The van der Waals surface area contributed by atoms with Crippen molar-refractivity contribution in [2.75, 3.05) is 0 Å². The predicted octanol–water partition coefficient (Wildman–Crippen LogP) is 1.57. The third-order valence-electron chi connectivity index (χ3n) is 1.81. The fraction of sp³-hybridized carbons (Fsp3) is 0.750. The molecule has 2 heteroatoms. The van der Waals surface area contributed by atoms with E-state index in [-0.39, 0.29) is 5.92 Å². The molecule has 58 valence electrons. The van der Waals surface area contributed by atoms with E-state index < -0.39 is 11.8 Å². The molecule has 0 rings (SSSR count). The second-order valence-electron chi connectivity index (χ2n) is 2.85. The van der Waals surface area contributed by atoms with Crippen LogP contribution in [0.15, 0.2) is 0 Å². The van der Waals surface area contributed by atoms with Crippen LogP contribution in [0.5, 0.6) is 0 Å². The maximum atomic E-state index is 12.8. The lowest BCUT2D eigenvalue weighted by atomic mass is 9.91. The quantitative estimate of drug-likeness (QED) is 0.583. The van der Waals surface area contributed by atoms with E-state index in [0.29, 0.717) is 0 Å². The zero-order chi connectivity index (χ0) is 8.36. The largest absolute Gasteiger partial charge is 0.352 e. The lowest BCUT2D eigenvalue weighted by Gasteiger charge is -2.23. The second kappa shape index (κ2) is 3.03. The minimum atomic E-state index is -2.45. The van der Waals surface area contributed by atoms with Crippen molar-refractivity contribution in [1.29, 1.82) is 0 Å². The van der Waals surface area contributed by atoms with Gasteiger partial charge in [-0.1, -0.05) is 20.8 Å². The Kier molecular flexibility index (Phi) is 2.86. The normalized spacial score (nSPS) is 19.7. The van der Waals surface area contributed by atoms with E-state index in [9.17, 15) is 4.39 Å². The topological polar surface area (TPSA) is 20.2 Å². The number of aliphatic hydroxyl groups is 1. The Balaban J connectivity index is 4.22. The van der Waals surface area contributed by atoms with Gasteiger partial charge in [-0.15, -0.1) is 6.42 Å². The maximum absolute atomic E-state index is 12.8. The fourth-order valence-corrected chi connectivity index (χ4v) is 0.573. The molecule has 1 N–H and O–H groups in total. The molecule has 0 spiro atoms. The van der Waals surface area contributed by atoms with Gasteiger partial charge >= 0.3 is 0 Å². The molecular formula is C8H13FO. The van der Waals surface area contributed by atoms with Crippen LogP contribution in [0, 0.1) is 24.2 Å². The van der Waals surface area contributed by atoms with Gasteiger partial charge < -0.3 is 5.11 Å². The monoisotopic (exact) mass is 144 g/mol. The van der Waals surface area contributed by atoms with Gasteiger partial charge in [0.25, 0.3) is 5.85 Å². The maximum Gasteiger partial charge on any atom is 0.272 e. The predicted molar refractivity (Wildman–Crippen MR) is 38.9 cm³/mol. The average Bonchev–Trinajstić information content (AvgIpc) is 1.86. The van der Waals surface area contributed by atoms with Crippen LogP contribution in [-0.2, 0) is 0 Å². The van der Waals surface area contributed by atoms with Crippen LogP contribution in [0.4, 0.5) is 4.39 Å². The summed E-state index contributed by atoms with van der Waals surface area (Å²) in [6.07, 6.45) is 4.77. The van der Waals surface area contributed by atoms with Gasteiger partial charge in [0, 0.05) is 5.92 Å². The molecule has 0 saturated carbocycles. The Labute approximate surface area is 61.3 Å². The van der Waals surface area contributed by atoms with Gasteiger partial charge in [-0.25, -0.2) is 0 Å². The molecule has 0 saturated heterocycles. The third-order valence-corrected chi connectivity index (χ3v) is 1.81. The van der Waals surface area contributed by atoms with Crippen molar-refractivity contribution in [3.63, 3.8) is 0 Å². The summed E-state index contributed by atoms with van der Waals surface area (Å²) in [7, 11) is 0. The van der Waals surface area contributed by atoms with Crippen molar-refractivity contribution in [3.05, 3.63) is 0 Å². The number of alkyl halides is 1. The summed E-state index contributed by atoms with van der Waals surface area (Å²) < 4.78 is 12.8. The zero-order valence-corrected chi connectivity index (χ0v) is 6.56. The molecule has 1 nitrogen and oxygen atoms in total. The molecule has 0 aromatic carbocycles. The highest BCUT2D eigenvalue weighted by molar-refractivity contribution is 5.03. The molecule has 0 heterocycles. The molecule has 0 aliphatic heterocycles. The summed E-state index contributed by atoms with van der Waals surface area (Å²) in [4.78, 5) is 0. The first-order valence-corrected chi connectivity index (χ1v) is 3.31. The fourth-order valence-electron chi connectivity index (χ4n) is 0.573. The highest BCUT2D eigenvalue weighted by atomic mass is 19.2. The van der Waals surface area contributed by atoms with Crippen molar-refractivity contribution >= 4 is 0 Å². The van der Waals surface area contributed by atoms with E-state index in [1.165, 1.54) is 0 Å². The summed E-state index contributed by atoms with van der Waals surface area (Å²) in [5.74, 6) is -1.21. The van der Waals surface area contributed by atoms with Crippen LogP contribution >= 0.6 is 0 Å². The molecule has 0 fully saturated rings. The first-order valence-electron chi connectivity index (χ1n) is 3.31. The highest BCUT2D eigenvalue weighted by Crippen LogP contribution is 2.24. The van der Waals surface area contributed by atoms with Gasteiger partial charge in [0.1, 0.15) is 0 Å². The number of halogens is 1. The molecule has 0 radical (unpaired) electrons. The summed E-state index contributed by atoms with van der Waals surface area (Å²) in [5.41, 5.74) is 0. The Hall–Kier alpha value is -0.550. The number of hydrogen-bond donors (Lipinski definition) is 1. The third kappa shape index (κ3) is 2.00. The van der Waals surface area contributed by atoms with Crippen molar-refractivity contribution in [1.82, 2.24) is 0 Å². The van der Waals surface area contributed by atoms with Crippen LogP contribution in [0.25, 0.3) is 0 Å². The summed E-state index contributed by atoms with van der Waals surface area (Å²) in [5, 5.41) is 8.86. The first kappa shape index (κ1) is 9.45. The van der Waals surface area contributed by atoms with Crippen molar-refractivity contribution < 1.29 is 9.50 Å². The molecule has 0 aliphatic carbocycles. The molecule has 0 amide bonds. The van der Waals surface area contributed by atoms with Gasteiger partial charge in [0.05, 0.1) is 0 Å². The van der Waals surface area contributed by atoms with E-state index in [1.807, 2.05) is 13.8 Å². The summed E-state index contributed by atoms with van der Waals surface area (Å²) in [6.45, 7) is 5.21. The van der Waals surface area contributed by atoms with Crippen LogP contribution in [0.1, 0.15) is 20.8 Å². The number of terminal acetylenes is 1. The molecule has 2 atom stereocenters. The van der Waals surface area contributed by atoms with Gasteiger partial charge in [-0.2, -0.15) is 4.39 Å². The van der Waals surface area contributed by atoms with Gasteiger partial charge in [0.2, 0.25) is 0 Å². The number of rotatable bonds is 2. The lowest BCUT2D eigenvalue weighted by molar-refractivity contribution is -0.0895. The van der Waals surface area contributed by atoms with Gasteiger partial charge in [0.15, 0.2) is 0 Å². The Bertz CT molecular complexity index is 144. The van der Waals surface area contributed by atoms with E-state index in [1.54, 1.807) is 12.8 Å². The molecular weight excluding hydrogens is 131 g/mol. The Morgan fingerprint density at radius 3 is 2.00 bits per heavy atom. The minimum absolute atomic E-state index is 0.0473. The zero-order valence-electron chi connectivity index (χ0n) is 6.56. The standard InChI is InChI=1S/C8H13FO/c1-5-8(9,10)7(4)6(2)3/h1,6-7,10H,2-4H3/t7-,8?/m1/s1. The number of hydrogen-bond acceptors (Lipinski definition) is 1. The van der Waals surface area contributed by atoms with E-state index in [2.05, 4.69) is 0 Å². The Morgan fingerprint density at radius 2 is 1.90 bits per heavy atom. The molecule has 10 heavy (non-hydrogen) atoms. The van der Waals surface area contributed by atoms with Crippen LogP contribution < -0.4 is 0 Å². The molecule has 1 unspecified atom stereocenters. The molecule has 0 aromatic heterocycles. The van der Waals surface area contributed by atoms with Crippen molar-refractivity contribution in [3.8, 4) is 12.3 Å². The highest BCUT2D eigenvalue weighted by Gasteiger charge is 2.32. The average molecular weight is 144 g/mol. The van der Waals surface area contributed by atoms with Gasteiger partial charge in [-0.05, 0) is 11.8 Å².